The Morgan fingerprint density at radius 2 is 1.67 bits per heavy atom. The summed E-state index contributed by atoms with van der Waals surface area (Å²) < 4.78 is 6.80. The van der Waals surface area contributed by atoms with Gasteiger partial charge in [-0.05, 0) is 41.5 Å². The molecule has 0 radical (unpaired) electrons. The van der Waals surface area contributed by atoms with Gasteiger partial charge >= 0.3 is 5.97 Å². The van der Waals surface area contributed by atoms with Crippen LogP contribution >= 0.6 is 39.1 Å². The number of carbonyl (C=O) groups excluding carboxylic acids is 1. The summed E-state index contributed by atoms with van der Waals surface area (Å²) in [6.45, 7) is 0.324. The Hall–Kier alpha value is -2.60. The fraction of sp³-hybridized carbons (Fsp3) is 0.0435. The lowest BCUT2D eigenvalue weighted by atomic mass is 10.0. The lowest BCUT2D eigenvalue weighted by molar-refractivity contribution is -0.136. The minimum atomic E-state index is -0.531. The Morgan fingerprint density at radius 3 is 2.33 bits per heavy atom. The summed E-state index contributed by atoms with van der Waals surface area (Å²) in [4.78, 5) is 17.1. The molecule has 0 atom stereocenters. The Morgan fingerprint density at radius 1 is 1.00 bits per heavy atom. The van der Waals surface area contributed by atoms with Crippen LogP contribution in [0.2, 0.25) is 10.0 Å². The summed E-state index contributed by atoms with van der Waals surface area (Å²) >= 11 is 16.2. The number of oxime groups is 1. The van der Waals surface area contributed by atoms with Crippen molar-refractivity contribution < 1.29 is 14.4 Å². The van der Waals surface area contributed by atoms with Crippen LogP contribution in [0.1, 0.15) is 16.7 Å². The van der Waals surface area contributed by atoms with E-state index in [1.54, 1.807) is 18.2 Å². The van der Waals surface area contributed by atoms with Crippen molar-refractivity contribution in [2.75, 3.05) is 0 Å². The molecule has 0 N–H and O–H groups in total. The van der Waals surface area contributed by atoms with E-state index in [0.29, 0.717) is 39.2 Å². The van der Waals surface area contributed by atoms with E-state index in [4.69, 9.17) is 32.8 Å². The molecule has 1 aliphatic heterocycles. The number of ether oxygens (including phenoxy) is 1. The molecule has 3 aromatic rings. The zero-order valence-electron chi connectivity index (χ0n) is 15.4. The fourth-order valence-electron chi connectivity index (χ4n) is 2.92. The van der Waals surface area contributed by atoms with Crippen LogP contribution in [0, 0.1) is 0 Å². The third-order valence-corrected chi connectivity index (χ3v) is 5.46. The van der Waals surface area contributed by atoms with E-state index in [2.05, 4.69) is 21.1 Å². The highest BCUT2D eigenvalue weighted by Gasteiger charge is 2.26. The molecule has 150 valence electrons. The summed E-state index contributed by atoms with van der Waals surface area (Å²) in [5.74, 6) is -0.147. The monoisotopic (exact) mass is 501 g/mol. The highest BCUT2D eigenvalue weighted by Crippen LogP contribution is 2.36. The first-order valence-electron chi connectivity index (χ1n) is 8.94. The number of rotatable bonds is 5. The third kappa shape index (κ3) is 4.59. The van der Waals surface area contributed by atoms with Gasteiger partial charge in [-0.3, -0.25) is 0 Å². The molecule has 0 saturated heterocycles. The molecule has 0 spiro atoms. The number of halogens is 3. The second kappa shape index (κ2) is 9.04. The van der Waals surface area contributed by atoms with E-state index in [0.717, 1.165) is 15.6 Å². The molecular formula is C23H14BrCl2NO3. The summed E-state index contributed by atoms with van der Waals surface area (Å²) in [5.41, 5.74) is 3.19. The van der Waals surface area contributed by atoms with Crippen molar-refractivity contribution in [2.24, 2.45) is 5.16 Å². The first-order chi connectivity index (χ1) is 14.5. The standard InChI is InChI=1S/C23H14BrCl2NO3/c24-17-8-6-14(7-9-17)13-29-22-19(25)11-15(12-20(22)26)10-18-21(27-30-23(18)28)16-4-2-1-3-5-16/h1-12H,13H2/b18-10-. The highest BCUT2D eigenvalue weighted by molar-refractivity contribution is 9.10. The summed E-state index contributed by atoms with van der Waals surface area (Å²) in [7, 11) is 0. The number of hydrogen-bond donors (Lipinski definition) is 0. The molecule has 1 heterocycles. The molecule has 4 nitrogen and oxygen atoms in total. The third-order valence-electron chi connectivity index (χ3n) is 4.37. The van der Waals surface area contributed by atoms with Gasteiger partial charge in [0.25, 0.3) is 0 Å². The van der Waals surface area contributed by atoms with E-state index in [1.165, 1.54) is 0 Å². The van der Waals surface area contributed by atoms with E-state index in [1.807, 2.05) is 54.6 Å². The molecule has 0 unspecified atom stereocenters. The molecule has 0 amide bonds. The van der Waals surface area contributed by atoms with E-state index in [-0.39, 0.29) is 0 Å². The Bertz CT molecular complexity index is 1140. The second-order valence-electron chi connectivity index (χ2n) is 6.47. The molecule has 30 heavy (non-hydrogen) atoms. The average Bonchev–Trinajstić information content (AvgIpc) is 3.09. The molecule has 0 fully saturated rings. The molecule has 0 aromatic heterocycles. The van der Waals surface area contributed by atoms with Crippen molar-refractivity contribution >= 4 is 56.9 Å². The fourth-order valence-corrected chi connectivity index (χ4v) is 3.79. The zero-order valence-corrected chi connectivity index (χ0v) is 18.5. The number of nitrogens with zero attached hydrogens (tertiary/aromatic N) is 1. The molecule has 4 rings (SSSR count). The molecular weight excluding hydrogens is 489 g/mol. The second-order valence-corrected chi connectivity index (χ2v) is 8.20. The van der Waals surface area contributed by atoms with Crippen molar-refractivity contribution in [3.05, 3.63) is 104 Å². The van der Waals surface area contributed by atoms with Crippen LogP contribution in [0.3, 0.4) is 0 Å². The topological polar surface area (TPSA) is 47.9 Å². The maximum atomic E-state index is 12.2. The van der Waals surface area contributed by atoms with Crippen LogP contribution in [0.25, 0.3) is 6.08 Å². The minimum Gasteiger partial charge on any atom is -0.486 e. The minimum absolute atomic E-state index is 0.324. The van der Waals surface area contributed by atoms with Gasteiger partial charge in [-0.25, -0.2) is 4.79 Å². The van der Waals surface area contributed by atoms with Gasteiger partial charge in [0.1, 0.15) is 12.3 Å². The Labute approximate surface area is 191 Å². The van der Waals surface area contributed by atoms with E-state index >= 15 is 0 Å². The van der Waals surface area contributed by atoms with Gasteiger partial charge in [0.2, 0.25) is 0 Å². The number of hydrogen-bond acceptors (Lipinski definition) is 4. The Kier molecular flexibility index (Phi) is 6.23. The molecule has 3 aromatic carbocycles. The van der Waals surface area contributed by atoms with Crippen molar-refractivity contribution in [1.82, 2.24) is 0 Å². The van der Waals surface area contributed by atoms with Crippen LogP contribution in [-0.4, -0.2) is 11.7 Å². The average molecular weight is 503 g/mol. The van der Waals surface area contributed by atoms with Crippen LogP contribution in [0.4, 0.5) is 0 Å². The van der Waals surface area contributed by atoms with Crippen LogP contribution < -0.4 is 4.74 Å². The molecule has 0 aliphatic carbocycles. The van der Waals surface area contributed by atoms with Crippen LogP contribution in [0.5, 0.6) is 5.75 Å². The lowest BCUT2D eigenvalue weighted by Crippen LogP contribution is -2.06. The Balaban J connectivity index is 1.58. The lowest BCUT2D eigenvalue weighted by Gasteiger charge is -2.11. The van der Waals surface area contributed by atoms with Gasteiger partial charge in [0.05, 0.1) is 15.6 Å². The molecule has 1 aliphatic rings. The highest BCUT2D eigenvalue weighted by atomic mass is 79.9. The number of carbonyl (C=O) groups is 1. The SMILES string of the molecule is O=C1ON=C(c2ccccc2)/C1=C/c1cc(Cl)c(OCc2ccc(Br)cc2)c(Cl)c1. The van der Waals surface area contributed by atoms with E-state index < -0.39 is 5.97 Å². The zero-order chi connectivity index (χ0) is 21.1. The van der Waals surface area contributed by atoms with Gasteiger partial charge in [-0.2, -0.15) is 0 Å². The summed E-state index contributed by atoms with van der Waals surface area (Å²) in [6, 6.07) is 20.5. The van der Waals surface area contributed by atoms with Gasteiger partial charge in [-0.15, -0.1) is 0 Å². The summed E-state index contributed by atoms with van der Waals surface area (Å²) in [6.07, 6.45) is 1.65. The number of benzene rings is 3. The summed E-state index contributed by atoms with van der Waals surface area (Å²) in [5, 5.41) is 4.59. The smallest absolute Gasteiger partial charge is 0.368 e. The van der Waals surface area contributed by atoms with Crippen LogP contribution in [-0.2, 0) is 16.2 Å². The predicted octanol–water partition coefficient (Wildman–Crippen LogP) is 6.68. The van der Waals surface area contributed by atoms with Crippen molar-refractivity contribution in [2.45, 2.75) is 6.61 Å². The van der Waals surface area contributed by atoms with Crippen molar-refractivity contribution in [3.8, 4) is 5.75 Å². The van der Waals surface area contributed by atoms with Gasteiger partial charge in [-0.1, -0.05) is 86.8 Å². The molecule has 0 saturated carbocycles. The first kappa shape index (κ1) is 20.7. The van der Waals surface area contributed by atoms with Gasteiger partial charge < -0.3 is 9.57 Å². The van der Waals surface area contributed by atoms with Crippen molar-refractivity contribution in [1.29, 1.82) is 0 Å². The largest absolute Gasteiger partial charge is 0.486 e. The molecule has 7 heteroatoms. The predicted molar refractivity (Wildman–Crippen MR) is 122 cm³/mol. The van der Waals surface area contributed by atoms with Gasteiger partial charge in [0.15, 0.2) is 5.75 Å². The van der Waals surface area contributed by atoms with Crippen molar-refractivity contribution in [3.63, 3.8) is 0 Å². The quantitative estimate of drug-likeness (QED) is 0.289. The molecule has 0 bridgehead atoms. The first-order valence-corrected chi connectivity index (χ1v) is 10.5. The van der Waals surface area contributed by atoms with Gasteiger partial charge in [0, 0.05) is 10.0 Å². The van der Waals surface area contributed by atoms with Crippen LogP contribution in [0.15, 0.2) is 81.9 Å². The normalized spacial score (nSPS) is 14.6. The van der Waals surface area contributed by atoms with E-state index in [9.17, 15) is 4.79 Å². The maximum absolute atomic E-state index is 12.2. The maximum Gasteiger partial charge on any atom is 0.368 e.